The van der Waals surface area contributed by atoms with E-state index in [1.54, 1.807) is 30.3 Å². The van der Waals surface area contributed by atoms with Crippen LogP contribution in [0.1, 0.15) is 28.3 Å². The van der Waals surface area contributed by atoms with E-state index in [0.717, 1.165) is 17.6 Å². The summed E-state index contributed by atoms with van der Waals surface area (Å²) in [6.45, 7) is 1.84. The first-order chi connectivity index (χ1) is 13.7. The molecule has 0 saturated heterocycles. The Hall–Kier alpha value is -2.55. The van der Waals surface area contributed by atoms with Gasteiger partial charge in [-0.3, -0.25) is 13.7 Å². The van der Waals surface area contributed by atoms with Crippen molar-refractivity contribution in [1.29, 1.82) is 0 Å². The summed E-state index contributed by atoms with van der Waals surface area (Å²) in [5.74, 6) is 0.222. The Morgan fingerprint density at radius 2 is 1.97 bits per heavy atom. The highest BCUT2D eigenvalue weighted by molar-refractivity contribution is 7.85. The van der Waals surface area contributed by atoms with Gasteiger partial charge < -0.3 is 0 Å². The molecule has 2 aromatic carbocycles. The molecular formula is C20H17ClFN3O3S. The number of benzene rings is 2. The lowest BCUT2D eigenvalue weighted by Crippen LogP contribution is -2.10. The third-order valence-electron chi connectivity index (χ3n) is 4.65. The van der Waals surface area contributed by atoms with Crippen LogP contribution in [0.3, 0.4) is 0 Å². The van der Waals surface area contributed by atoms with E-state index in [1.807, 2.05) is 17.6 Å². The molecule has 2 heterocycles. The van der Waals surface area contributed by atoms with Crippen molar-refractivity contribution in [3.05, 3.63) is 81.6 Å². The molecule has 0 N–H and O–H groups in total. The lowest BCUT2D eigenvalue weighted by Gasteiger charge is -2.14. The van der Waals surface area contributed by atoms with Crippen LogP contribution in [0.25, 0.3) is 5.69 Å². The van der Waals surface area contributed by atoms with E-state index in [1.165, 1.54) is 6.07 Å². The van der Waals surface area contributed by atoms with Crippen LogP contribution < -0.4 is 0 Å². The summed E-state index contributed by atoms with van der Waals surface area (Å²) in [5.41, 5.74) is 3.48. The molecule has 0 saturated carbocycles. The van der Waals surface area contributed by atoms with Crippen molar-refractivity contribution in [2.75, 3.05) is 6.26 Å². The number of aliphatic imine (C=N–C) groups is 1. The number of rotatable bonds is 4. The van der Waals surface area contributed by atoms with E-state index in [9.17, 15) is 12.8 Å². The molecule has 1 aliphatic rings. The zero-order valence-electron chi connectivity index (χ0n) is 15.7. The molecule has 0 spiro atoms. The third-order valence-corrected chi connectivity index (χ3v) is 5.43. The first kappa shape index (κ1) is 19.8. The standard InChI is InChI=1S/C20H17ClFN3O3S/c1-12-17(11-28-29(2,26)27)24-19-10-23-20(14-5-3-4-6-16(14)22)15-9-13(21)7-8-18(15)25(12)19/h3-9H,10-11H2,1-2H3. The molecule has 29 heavy (non-hydrogen) atoms. The molecule has 9 heteroatoms. The highest BCUT2D eigenvalue weighted by Gasteiger charge is 2.25. The van der Waals surface area contributed by atoms with Crippen molar-refractivity contribution >= 4 is 27.4 Å². The molecule has 0 atom stereocenters. The Balaban J connectivity index is 1.88. The number of imidazole rings is 1. The van der Waals surface area contributed by atoms with Gasteiger partial charge in [-0.05, 0) is 37.3 Å². The van der Waals surface area contributed by atoms with Crippen molar-refractivity contribution in [2.45, 2.75) is 20.1 Å². The van der Waals surface area contributed by atoms with E-state index < -0.39 is 10.1 Å². The second-order valence-corrected chi connectivity index (χ2v) is 8.75. The highest BCUT2D eigenvalue weighted by Crippen LogP contribution is 2.30. The Morgan fingerprint density at radius 1 is 1.21 bits per heavy atom. The van der Waals surface area contributed by atoms with Crippen molar-refractivity contribution < 1.29 is 17.0 Å². The van der Waals surface area contributed by atoms with Crippen LogP contribution in [-0.2, 0) is 27.5 Å². The first-order valence-corrected chi connectivity index (χ1v) is 10.9. The van der Waals surface area contributed by atoms with Crippen LogP contribution in [0.4, 0.5) is 4.39 Å². The molecule has 0 bridgehead atoms. The minimum Gasteiger partial charge on any atom is -0.298 e. The number of hydrogen-bond acceptors (Lipinski definition) is 5. The molecule has 4 rings (SSSR count). The van der Waals surface area contributed by atoms with Crippen LogP contribution in [0, 0.1) is 12.7 Å². The van der Waals surface area contributed by atoms with Gasteiger partial charge in [-0.25, -0.2) is 9.37 Å². The maximum atomic E-state index is 14.5. The Kier molecular flexibility index (Phi) is 5.02. The molecule has 150 valence electrons. The number of hydrogen-bond donors (Lipinski definition) is 0. The van der Waals surface area contributed by atoms with Crippen LogP contribution in [0.2, 0.25) is 5.02 Å². The molecule has 3 aromatic rings. The van der Waals surface area contributed by atoms with E-state index in [2.05, 4.69) is 9.98 Å². The molecule has 0 amide bonds. The van der Waals surface area contributed by atoms with Crippen LogP contribution in [0.15, 0.2) is 47.5 Å². The molecule has 1 aliphatic heterocycles. The fourth-order valence-electron chi connectivity index (χ4n) is 3.35. The summed E-state index contributed by atoms with van der Waals surface area (Å²) in [6.07, 6.45) is 0.992. The quantitative estimate of drug-likeness (QED) is 0.586. The largest absolute Gasteiger partial charge is 0.298 e. The SMILES string of the molecule is Cc1c(COS(C)(=O)=O)nc2n1-c1ccc(Cl)cc1C(c1ccccc1F)=NC2. The van der Waals surface area contributed by atoms with Crippen molar-refractivity contribution in [1.82, 2.24) is 9.55 Å². The van der Waals surface area contributed by atoms with Gasteiger partial charge in [-0.2, -0.15) is 8.42 Å². The van der Waals surface area contributed by atoms with Gasteiger partial charge in [0.1, 0.15) is 18.2 Å². The average molecular weight is 434 g/mol. The predicted octanol–water partition coefficient (Wildman–Crippen LogP) is 3.80. The lowest BCUT2D eigenvalue weighted by atomic mass is 10.00. The van der Waals surface area contributed by atoms with Gasteiger partial charge >= 0.3 is 0 Å². The van der Waals surface area contributed by atoms with Gasteiger partial charge in [0.2, 0.25) is 0 Å². The number of nitrogens with zero attached hydrogens (tertiary/aromatic N) is 3. The van der Waals surface area contributed by atoms with E-state index in [-0.39, 0.29) is 19.0 Å². The van der Waals surface area contributed by atoms with Gasteiger partial charge in [0.05, 0.1) is 29.9 Å². The number of aromatic nitrogens is 2. The highest BCUT2D eigenvalue weighted by atomic mass is 35.5. The summed E-state index contributed by atoms with van der Waals surface area (Å²) >= 11 is 6.23. The maximum absolute atomic E-state index is 14.5. The van der Waals surface area contributed by atoms with E-state index in [0.29, 0.717) is 33.4 Å². The molecule has 0 unspecified atom stereocenters. The number of halogens is 2. The fraction of sp³-hybridized carbons (Fsp3) is 0.200. The minimum atomic E-state index is -3.60. The fourth-order valence-corrected chi connectivity index (χ4v) is 3.84. The van der Waals surface area contributed by atoms with Crippen molar-refractivity contribution in [3.63, 3.8) is 0 Å². The second-order valence-electron chi connectivity index (χ2n) is 6.67. The predicted molar refractivity (Wildman–Crippen MR) is 109 cm³/mol. The summed E-state index contributed by atoms with van der Waals surface area (Å²) in [4.78, 5) is 9.14. The molecular weight excluding hydrogens is 417 g/mol. The van der Waals surface area contributed by atoms with Crippen LogP contribution in [-0.4, -0.2) is 29.9 Å². The molecule has 1 aromatic heterocycles. The minimum absolute atomic E-state index is 0.169. The zero-order valence-corrected chi connectivity index (χ0v) is 17.3. The first-order valence-electron chi connectivity index (χ1n) is 8.76. The van der Waals surface area contributed by atoms with Crippen molar-refractivity contribution in [2.24, 2.45) is 4.99 Å². The molecule has 0 radical (unpaired) electrons. The Morgan fingerprint density at radius 3 is 2.69 bits per heavy atom. The van der Waals surface area contributed by atoms with Gasteiger partial charge in [-0.15, -0.1) is 0 Å². The number of fused-ring (bicyclic) bond motifs is 3. The lowest BCUT2D eigenvalue weighted by molar-refractivity contribution is 0.306. The van der Waals surface area contributed by atoms with Gasteiger partial charge in [0.15, 0.2) is 0 Å². The van der Waals surface area contributed by atoms with Crippen LogP contribution >= 0.6 is 11.6 Å². The second kappa shape index (κ2) is 7.37. The summed E-state index contributed by atoms with van der Waals surface area (Å²) in [5, 5.41) is 0.495. The Labute approximate surface area is 172 Å². The van der Waals surface area contributed by atoms with Gasteiger partial charge in [0.25, 0.3) is 10.1 Å². The summed E-state index contributed by atoms with van der Waals surface area (Å²) < 4.78 is 44.0. The van der Waals surface area contributed by atoms with Gasteiger partial charge in [0, 0.05) is 21.8 Å². The topological polar surface area (TPSA) is 73.6 Å². The van der Waals surface area contributed by atoms with Gasteiger partial charge in [-0.1, -0.05) is 23.7 Å². The van der Waals surface area contributed by atoms with Crippen molar-refractivity contribution in [3.8, 4) is 5.69 Å². The van der Waals surface area contributed by atoms with E-state index in [4.69, 9.17) is 15.8 Å². The monoisotopic (exact) mass is 433 g/mol. The zero-order chi connectivity index (χ0) is 20.8. The smallest absolute Gasteiger partial charge is 0.264 e. The molecule has 0 fully saturated rings. The third kappa shape index (κ3) is 3.83. The Bertz CT molecular complexity index is 1250. The molecule has 0 aliphatic carbocycles. The maximum Gasteiger partial charge on any atom is 0.264 e. The van der Waals surface area contributed by atoms with Crippen LogP contribution in [0.5, 0.6) is 0 Å². The average Bonchev–Trinajstić information content (AvgIpc) is 2.87. The summed E-state index contributed by atoms with van der Waals surface area (Å²) in [7, 11) is -3.60. The van der Waals surface area contributed by atoms with E-state index >= 15 is 0 Å². The summed E-state index contributed by atoms with van der Waals surface area (Å²) in [6, 6.07) is 11.7. The molecule has 6 nitrogen and oxygen atoms in total. The normalized spacial score (nSPS) is 13.4.